The van der Waals surface area contributed by atoms with Crippen LogP contribution in [0.1, 0.15) is 26.6 Å². The molecular weight excluding hydrogens is 287 g/mol. The maximum atomic E-state index is 5.87. The van der Waals surface area contributed by atoms with Crippen molar-refractivity contribution in [2.45, 2.75) is 27.2 Å². The van der Waals surface area contributed by atoms with E-state index in [0.717, 1.165) is 6.42 Å². The van der Waals surface area contributed by atoms with Crippen LogP contribution < -0.4 is 0 Å². The molecule has 0 aliphatic carbocycles. The van der Waals surface area contributed by atoms with Crippen molar-refractivity contribution in [3.8, 4) is 0 Å². The second-order valence-corrected chi connectivity index (χ2v) is 5.78. The normalized spacial score (nSPS) is 11.9. The van der Waals surface area contributed by atoms with Crippen LogP contribution in [-0.4, -0.2) is 9.97 Å². The summed E-state index contributed by atoms with van der Waals surface area (Å²) in [5.41, 5.74) is 0.125. The highest BCUT2D eigenvalue weighted by atomic mass is 79.9. The quantitative estimate of drug-likeness (QED) is 0.728. The first kappa shape index (κ1) is 12.2. The molecule has 0 bridgehead atoms. The standard InChI is InChI=1S/C9H11BrCl2N2/c1-9(2,3)4-5-13-7(11)6(10)8(12)14-5/h4H2,1-3H3. The Kier molecular flexibility index (Phi) is 3.78. The minimum Gasteiger partial charge on any atom is -0.220 e. The van der Waals surface area contributed by atoms with E-state index < -0.39 is 0 Å². The molecule has 0 aliphatic heterocycles. The van der Waals surface area contributed by atoms with Crippen molar-refractivity contribution in [2.75, 3.05) is 0 Å². The monoisotopic (exact) mass is 296 g/mol. The maximum absolute atomic E-state index is 5.87. The fourth-order valence-electron chi connectivity index (χ4n) is 0.988. The fourth-order valence-corrected chi connectivity index (χ4v) is 1.59. The summed E-state index contributed by atoms with van der Waals surface area (Å²) in [4.78, 5) is 8.28. The lowest BCUT2D eigenvalue weighted by molar-refractivity contribution is 0.400. The highest BCUT2D eigenvalue weighted by molar-refractivity contribution is 9.10. The molecule has 0 spiro atoms. The molecule has 0 fully saturated rings. The Morgan fingerprint density at radius 2 is 1.57 bits per heavy atom. The molecule has 0 atom stereocenters. The van der Waals surface area contributed by atoms with Gasteiger partial charge in [0, 0.05) is 6.42 Å². The average Bonchev–Trinajstić information content (AvgIpc) is 1.96. The minimum atomic E-state index is 0.125. The Bertz CT molecular complexity index is 324. The predicted octanol–water partition coefficient (Wildman–Crippen LogP) is 4.13. The van der Waals surface area contributed by atoms with Gasteiger partial charge in [-0.2, -0.15) is 0 Å². The lowest BCUT2D eigenvalue weighted by atomic mass is 9.92. The Morgan fingerprint density at radius 3 is 1.93 bits per heavy atom. The molecule has 2 nitrogen and oxygen atoms in total. The fraction of sp³-hybridized carbons (Fsp3) is 0.556. The van der Waals surface area contributed by atoms with Gasteiger partial charge in [0.05, 0.1) is 4.47 Å². The summed E-state index contributed by atoms with van der Waals surface area (Å²) >= 11 is 14.9. The molecule has 0 N–H and O–H groups in total. The minimum absolute atomic E-state index is 0.125. The Balaban J connectivity index is 3.02. The molecule has 5 heteroatoms. The number of halogens is 3. The van der Waals surface area contributed by atoms with Crippen molar-refractivity contribution in [1.82, 2.24) is 9.97 Å². The zero-order valence-electron chi connectivity index (χ0n) is 8.24. The van der Waals surface area contributed by atoms with Crippen molar-refractivity contribution < 1.29 is 0 Å². The zero-order chi connectivity index (χ0) is 10.9. The van der Waals surface area contributed by atoms with Gasteiger partial charge in [0.1, 0.15) is 16.1 Å². The first-order chi connectivity index (χ1) is 6.29. The SMILES string of the molecule is CC(C)(C)Cc1nc(Cl)c(Br)c(Cl)n1. The van der Waals surface area contributed by atoms with E-state index in [1.54, 1.807) is 0 Å². The summed E-state index contributed by atoms with van der Waals surface area (Å²) in [6.45, 7) is 6.33. The van der Waals surface area contributed by atoms with E-state index in [1.807, 2.05) is 0 Å². The van der Waals surface area contributed by atoms with E-state index in [0.29, 0.717) is 20.6 Å². The average molecular weight is 298 g/mol. The van der Waals surface area contributed by atoms with Gasteiger partial charge < -0.3 is 0 Å². The van der Waals surface area contributed by atoms with Crippen LogP contribution in [0.15, 0.2) is 4.47 Å². The summed E-state index contributed by atoms with van der Waals surface area (Å²) in [5.74, 6) is 0.677. The van der Waals surface area contributed by atoms with Crippen molar-refractivity contribution in [1.29, 1.82) is 0 Å². The summed E-state index contributed by atoms with van der Waals surface area (Å²) in [5, 5.41) is 0.730. The van der Waals surface area contributed by atoms with Crippen LogP contribution in [0.5, 0.6) is 0 Å². The van der Waals surface area contributed by atoms with E-state index >= 15 is 0 Å². The molecule has 0 amide bonds. The summed E-state index contributed by atoms with van der Waals surface area (Å²) < 4.78 is 0.554. The van der Waals surface area contributed by atoms with Gasteiger partial charge >= 0.3 is 0 Å². The van der Waals surface area contributed by atoms with Gasteiger partial charge in [0.15, 0.2) is 0 Å². The molecule has 1 aromatic heterocycles. The van der Waals surface area contributed by atoms with Crippen molar-refractivity contribution >= 4 is 39.1 Å². The molecule has 0 aromatic carbocycles. The third-order valence-electron chi connectivity index (χ3n) is 1.51. The molecule has 0 radical (unpaired) electrons. The molecule has 1 aromatic rings. The molecule has 0 saturated heterocycles. The lowest BCUT2D eigenvalue weighted by Crippen LogP contribution is -2.12. The van der Waals surface area contributed by atoms with Crippen molar-refractivity contribution in [3.63, 3.8) is 0 Å². The highest BCUT2D eigenvalue weighted by Gasteiger charge is 2.16. The third-order valence-corrected chi connectivity index (χ3v) is 3.26. The van der Waals surface area contributed by atoms with Gasteiger partial charge in [-0.15, -0.1) is 0 Å². The number of hydrogen-bond donors (Lipinski definition) is 0. The van der Waals surface area contributed by atoms with E-state index in [9.17, 15) is 0 Å². The smallest absolute Gasteiger partial charge is 0.148 e. The van der Waals surface area contributed by atoms with Gasteiger partial charge in [-0.05, 0) is 21.3 Å². The molecule has 0 unspecified atom stereocenters. The number of aromatic nitrogens is 2. The van der Waals surface area contributed by atoms with Gasteiger partial charge in [-0.25, -0.2) is 9.97 Å². The first-order valence-corrected chi connectivity index (χ1v) is 5.72. The predicted molar refractivity (Wildman–Crippen MR) is 62.9 cm³/mol. The second kappa shape index (κ2) is 4.33. The van der Waals surface area contributed by atoms with E-state index in [1.165, 1.54) is 0 Å². The summed E-state index contributed by atoms with van der Waals surface area (Å²) in [6.07, 6.45) is 0.750. The molecular formula is C9H11BrCl2N2. The summed E-state index contributed by atoms with van der Waals surface area (Å²) in [6, 6.07) is 0. The topological polar surface area (TPSA) is 25.8 Å². The van der Waals surface area contributed by atoms with E-state index in [4.69, 9.17) is 23.2 Å². The van der Waals surface area contributed by atoms with Crippen LogP contribution in [0.4, 0.5) is 0 Å². The Hall–Kier alpha value is 0.140. The van der Waals surface area contributed by atoms with Crippen molar-refractivity contribution in [2.24, 2.45) is 5.41 Å². The number of nitrogens with zero attached hydrogens (tertiary/aromatic N) is 2. The second-order valence-electron chi connectivity index (χ2n) is 4.27. The summed E-state index contributed by atoms with van der Waals surface area (Å²) in [7, 11) is 0. The lowest BCUT2D eigenvalue weighted by Gasteiger charge is -2.16. The van der Waals surface area contributed by atoms with E-state index in [2.05, 4.69) is 46.7 Å². The number of hydrogen-bond acceptors (Lipinski definition) is 2. The van der Waals surface area contributed by atoms with Gasteiger partial charge in [-0.1, -0.05) is 44.0 Å². The molecule has 0 aliphatic rings. The van der Waals surface area contributed by atoms with Crippen LogP contribution >= 0.6 is 39.1 Å². The third kappa shape index (κ3) is 3.37. The van der Waals surface area contributed by atoms with Crippen LogP contribution in [0, 0.1) is 5.41 Å². The van der Waals surface area contributed by atoms with E-state index in [-0.39, 0.29) is 5.41 Å². The Morgan fingerprint density at radius 1 is 1.14 bits per heavy atom. The Labute approximate surface area is 102 Å². The molecule has 1 rings (SSSR count). The van der Waals surface area contributed by atoms with Crippen LogP contribution in [0.3, 0.4) is 0 Å². The highest BCUT2D eigenvalue weighted by Crippen LogP contribution is 2.28. The van der Waals surface area contributed by atoms with Gasteiger partial charge in [0.2, 0.25) is 0 Å². The van der Waals surface area contributed by atoms with Crippen molar-refractivity contribution in [3.05, 3.63) is 20.6 Å². The first-order valence-electron chi connectivity index (χ1n) is 4.17. The van der Waals surface area contributed by atoms with Gasteiger partial charge in [0.25, 0.3) is 0 Å². The van der Waals surface area contributed by atoms with Gasteiger partial charge in [-0.3, -0.25) is 0 Å². The molecule has 1 heterocycles. The zero-order valence-corrected chi connectivity index (χ0v) is 11.3. The van der Waals surface area contributed by atoms with Crippen LogP contribution in [-0.2, 0) is 6.42 Å². The maximum Gasteiger partial charge on any atom is 0.148 e. The number of rotatable bonds is 1. The largest absolute Gasteiger partial charge is 0.220 e. The van der Waals surface area contributed by atoms with Crippen LogP contribution in [0.25, 0.3) is 0 Å². The molecule has 0 saturated carbocycles. The van der Waals surface area contributed by atoms with Crippen LogP contribution in [0.2, 0.25) is 10.3 Å². The molecule has 14 heavy (non-hydrogen) atoms. The molecule has 78 valence electrons.